The van der Waals surface area contributed by atoms with E-state index in [4.69, 9.17) is 0 Å². The molecule has 12 N–H and O–H groups in total. The summed E-state index contributed by atoms with van der Waals surface area (Å²) >= 11 is 0. The van der Waals surface area contributed by atoms with E-state index in [0.29, 0.717) is 0 Å². The van der Waals surface area contributed by atoms with Gasteiger partial charge in [0.05, 0.1) is 62.8 Å². The van der Waals surface area contributed by atoms with E-state index in [1.165, 1.54) is 0 Å². The Hall–Kier alpha value is -9.18. The molecule has 0 bridgehead atoms. The average molecular weight is 1270 g/mol. The van der Waals surface area contributed by atoms with E-state index in [1.807, 2.05) is 0 Å². The molecule has 7 aromatic rings. The van der Waals surface area contributed by atoms with Gasteiger partial charge in [0.1, 0.15) is 0 Å². The topological polar surface area (TPSA) is 501 Å². The molecule has 0 aliphatic carbocycles. The molecule has 0 fully saturated rings. The van der Waals surface area contributed by atoms with Crippen molar-refractivity contribution in [1.82, 2.24) is 0 Å². The lowest BCUT2D eigenvalue weighted by atomic mass is 9.83. The number of hydrogen-bond acceptors (Lipinski definition) is 18. The van der Waals surface area contributed by atoms with E-state index in [2.05, 4.69) is 31.9 Å². The van der Waals surface area contributed by atoms with Gasteiger partial charge < -0.3 is 31.9 Å². The highest BCUT2D eigenvalue weighted by atomic mass is 32.2. The minimum atomic E-state index is -4.93. The van der Waals surface area contributed by atoms with Crippen LogP contribution in [0.25, 0.3) is 0 Å². The van der Waals surface area contributed by atoms with E-state index in [1.54, 1.807) is 0 Å². The van der Waals surface area contributed by atoms with Gasteiger partial charge in [-0.05, 0) is 146 Å². The van der Waals surface area contributed by atoms with Crippen molar-refractivity contribution >= 4 is 130 Å². The highest BCUT2D eigenvalue weighted by Gasteiger charge is 2.41. The van der Waals surface area contributed by atoms with Crippen LogP contribution in [0, 0.1) is 0 Å². The summed E-state index contributed by atoms with van der Waals surface area (Å²) in [5.74, 6) is -10.4. The van der Waals surface area contributed by atoms with Crippen LogP contribution >= 0.6 is 0 Å². The zero-order valence-electron chi connectivity index (χ0n) is 41.3. The summed E-state index contributed by atoms with van der Waals surface area (Å²) in [7, 11) is -29.6. The summed E-state index contributed by atoms with van der Waals surface area (Å²) in [6.07, 6.45) is 0. The molecular formula is C48H36N6O24S6. The van der Waals surface area contributed by atoms with Crippen LogP contribution < -0.4 is 31.9 Å². The molecule has 7 rings (SSSR count). The van der Waals surface area contributed by atoms with Gasteiger partial charge in [-0.25, -0.2) is 0 Å². The smallest absolute Gasteiger partial charge is 0.294 e. The molecule has 0 spiro atoms. The first-order valence-corrected chi connectivity index (χ1v) is 31.1. The molecule has 0 radical (unpaired) electrons. The maximum Gasteiger partial charge on any atom is 0.294 e. The SMILES string of the molecule is O=C(Nc1ccc(S(=O)(=O)O)cc1)c1c(C(=O)Nc2ccc(S(=O)(=O)O)cc2)c(C(=O)Nc2ccc(S(=O)(=O)O)cc2)c(C(=O)Nc2ccc(S(=O)(=O)O)cc2)c(C(=O)Nc2ccc(S(=O)(=O)O)cc2)c1C(=O)Nc1ccc(S(=O)(=O)O)cc1. The molecule has 0 saturated heterocycles. The largest absolute Gasteiger partial charge is 0.322 e. The van der Waals surface area contributed by atoms with Crippen molar-refractivity contribution in [2.75, 3.05) is 31.9 Å². The van der Waals surface area contributed by atoms with E-state index in [9.17, 15) is 77.8 Å². The number of nitrogens with one attached hydrogen (secondary N) is 6. The van der Waals surface area contributed by atoms with Crippen molar-refractivity contribution in [3.63, 3.8) is 0 Å². The fourth-order valence-corrected chi connectivity index (χ4v) is 10.4. The molecule has 84 heavy (non-hydrogen) atoms. The molecule has 0 aliphatic rings. The Morgan fingerprint density at radius 2 is 0.298 bits per heavy atom. The fourth-order valence-electron chi connectivity index (χ4n) is 7.54. The molecule has 0 aliphatic heterocycles. The van der Waals surface area contributed by atoms with Crippen molar-refractivity contribution in [2.45, 2.75) is 29.4 Å². The summed E-state index contributed by atoms with van der Waals surface area (Å²) in [4.78, 5) is 87.6. The first-order valence-electron chi connectivity index (χ1n) is 22.5. The summed E-state index contributed by atoms with van der Waals surface area (Å²) in [6.45, 7) is 0. The molecule has 6 amide bonds. The molecule has 438 valence electrons. The lowest BCUT2D eigenvalue weighted by molar-refractivity contribution is 0.0949. The number of rotatable bonds is 18. The van der Waals surface area contributed by atoms with E-state index >= 15 is 28.8 Å². The molecule has 7 aromatic carbocycles. The van der Waals surface area contributed by atoms with Gasteiger partial charge in [0, 0.05) is 34.1 Å². The Bertz CT molecular complexity index is 3810. The Kier molecular flexibility index (Phi) is 17.5. The third-order valence-electron chi connectivity index (χ3n) is 11.3. The van der Waals surface area contributed by atoms with Gasteiger partial charge in [-0.2, -0.15) is 50.5 Å². The Morgan fingerprint density at radius 3 is 0.381 bits per heavy atom. The minimum absolute atomic E-state index is 0.461. The monoisotopic (exact) mass is 1270 g/mol. The number of carbonyl (C=O) groups is 6. The lowest BCUT2D eigenvalue weighted by Gasteiger charge is -2.25. The second-order valence-electron chi connectivity index (χ2n) is 17.0. The van der Waals surface area contributed by atoms with Crippen LogP contribution in [0.4, 0.5) is 34.1 Å². The van der Waals surface area contributed by atoms with Crippen LogP contribution in [0.15, 0.2) is 175 Å². The van der Waals surface area contributed by atoms with E-state index < -0.39 is 193 Å². The van der Waals surface area contributed by atoms with Crippen molar-refractivity contribution < 1.29 is 107 Å². The molecular weight excluding hydrogens is 1240 g/mol. The number of carbonyl (C=O) groups excluding carboxylic acids is 6. The van der Waals surface area contributed by atoms with Crippen LogP contribution in [-0.4, -0.2) is 113 Å². The Labute approximate surface area is 474 Å². The van der Waals surface area contributed by atoms with Gasteiger partial charge in [0.25, 0.3) is 96.2 Å². The average Bonchev–Trinajstić information content (AvgIpc) is 0.895. The van der Waals surface area contributed by atoms with Gasteiger partial charge in [-0.1, -0.05) is 0 Å². The second kappa shape index (κ2) is 23.6. The molecule has 0 atom stereocenters. The van der Waals surface area contributed by atoms with Crippen LogP contribution in [0.5, 0.6) is 0 Å². The van der Waals surface area contributed by atoms with Crippen molar-refractivity contribution in [2.24, 2.45) is 0 Å². The lowest BCUT2D eigenvalue weighted by Crippen LogP contribution is -2.36. The van der Waals surface area contributed by atoms with Crippen LogP contribution in [0.3, 0.4) is 0 Å². The standard InChI is InChI=1S/C48H36N6O24S6/c55-43(49-25-1-13-31(14-2-25)79(61,62)63)37-38(44(56)50-26-3-15-32(16-4-26)80(64,65)66)40(46(58)52-28-7-19-34(20-8-28)82(70,71)72)42(48(60)54-30-11-23-36(24-12-30)84(76,77)78)41(47(59)53-29-9-21-35(22-10-29)83(73,74)75)39(37)45(57)51-27-5-17-33(18-6-27)81(67,68)69/h1-24H,(H,49,55)(H,50,56)(H,51,57)(H,52,58)(H,53,59)(H,54,60)(H,61,62,63)(H,64,65,66)(H,67,68,69)(H,70,71,72)(H,73,74,75)(H,76,77,78). The van der Waals surface area contributed by atoms with Crippen LogP contribution in [0.2, 0.25) is 0 Å². The third kappa shape index (κ3) is 14.9. The number of hydrogen-bond donors (Lipinski definition) is 12. The van der Waals surface area contributed by atoms with Crippen LogP contribution in [0.1, 0.15) is 62.1 Å². The zero-order chi connectivity index (χ0) is 62.1. The second-order valence-corrected chi connectivity index (χ2v) is 25.5. The predicted molar refractivity (Wildman–Crippen MR) is 292 cm³/mol. The Balaban J connectivity index is 1.65. The molecule has 0 unspecified atom stereocenters. The maximum atomic E-state index is 15.4. The van der Waals surface area contributed by atoms with Crippen LogP contribution in [-0.2, 0) is 60.7 Å². The third-order valence-corrected chi connectivity index (χ3v) is 16.5. The maximum absolute atomic E-state index is 15.4. The van der Waals surface area contributed by atoms with E-state index in [-0.39, 0.29) is 0 Å². The van der Waals surface area contributed by atoms with E-state index in [0.717, 1.165) is 146 Å². The highest BCUT2D eigenvalue weighted by Crippen LogP contribution is 2.35. The predicted octanol–water partition coefficient (Wildman–Crippen LogP) is 4.68. The van der Waals surface area contributed by atoms with Crippen molar-refractivity contribution in [3.05, 3.63) is 179 Å². The molecule has 0 aromatic heterocycles. The quantitative estimate of drug-likeness (QED) is 0.0519. The Morgan fingerprint density at radius 1 is 0.202 bits per heavy atom. The summed E-state index contributed by atoms with van der Waals surface area (Å²) in [5, 5.41) is 13.3. The van der Waals surface area contributed by atoms with Gasteiger partial charge in [0.2, 0.25) is 0 Å². The number of amides is 6. The first-order chi connectivity index (χ1) is 38.9. The van der Waals surface area contributed by atoms with Gasteiger partial charge in [0.15, 0.2) is 0 Å². The van der Waals surface area contributed by atoms with Gasteiger partial charge >= 0.3 is 0 Å². The number of anilines is 6. The normalized spacial score (nSPS) is 12.1. The van der Waals surface area contributed by atoms with Gasteiger partial charge in [-0.15, -0.1) is 0 Å². The first kappa shape index (κ1) is 62.4. The summed E-state index contributed by atoms with van der Waals surface area (Å²) < 4.78 is 202. The van der Waals surface area contributed by atoms with Gasteiger partial charge in [-0.3, -0.25) is 56.1 Å². The number of benzene rings is 7. The van der Waals surface area contributed by atoms with Crippen molar-refractivity contribution in [1.29, 1.82) is 0 Å². The van der Waals surface area contributed by atoms with Crippen molar-refractivity contribution in [3.8, 4) is 0 Å². The zero-order valence-corrected chi connectivity index (χ0v) is 46.2. The summed E-state index contributed by atoms with van der Waals surface area (Å²) in [5.41, 5.74) is -11.3. The minimum Gasteiger partial charge on any atom is -0.322 e. The summed E-state index contributed by atoms with van der Waals surface area (Å²) in [6, 6.07) is 19.0. The molecule has 0 heterocycles. The molecule has 30 nitrogen and oxygen atoms in total. The molecule has 36 heteroatoms. The highest BCUT2D eigenvalue weighted by molar-refractivity contribution is 7.87. The fraction of sp³-hybridized carbons (Fsp3) is 0. The molecule has 0 saturated carbocycles.